The Morgan fingerprint density at radius 1 is 1.07 bits per heavy atom. The van der Waals surface area contributed by atoms with Crippen molar-refractivity contribution in [1.29, 1.82) is 0 Å². The summed E-state index contributed by atoms with van der Waals surface area (Å²) in [6, 6.07) is 10.5. The van der Waals surface area contributed by atoms with Crippen LogP contribution in [-0.2, 0) is 21.0 Å². The van der Waals surface area contributed by atoms with Crippen LogP contribution >= 0.6 is 0 Å². The summed E-state index contributed by atoms with van der Waals surface area (Å²) in [5, 5.41) is 3.16. The molecule has 0 aromatic heterocycles. The van der Waals surface area contributed by atoms with Crippen LogP contribution in [0.5, 0.6) is 0 Å². The second-order valence-corrected chi connectivity index (χ2v) is 7.81. The van der Waals surface area contributed by atoms with Gasteiger partial charge in [0.1, 0.15) is 0 Å². The predicted octanol–water partition coefficient (Wildman–Crippen LogP) is 3.85. The van der Waals surface area contributed by atoms with E-state index in [-0.39, 0.29) is 11.3 Å². The van der Waals surface area contributed by atoms with Crippen molar-refractivity contribution in [3.05, 3.63) is 70.1 Å². The van der Waals surface area contributed by atoms with Crippen molar-refractivity contribution in [2.24, 2.45) is 0 Å². The fourth-order valence-corrected chi connectivity index (χ4v) is 3.04. The predicted molar refractivity (Wildman–Crippen MR) is 102 cm³/mol. The van der Waals surface area contributed by atoms with Gasteiger partial charge >= 0.3 is 6.18 Å². The highest BCUT2D eigenvalue weighted by Crippen LogP contribution is 2.33. The Kier molecular flexibility index (Phi) is 6.63. The number of hydrogen-bond acceptors (Lipinski definition) is 3. The van der Waals surface area contributed by atoms with E-state index in [1.165, 1.54) is 25.1 Å². The van der Waals surface area contributed by atoms with E-state index in [1.807, 2.05) is 19.1 Å². The summed E-state index contributed by atoms with van der Waals surface area (Å²) in [5.74, 6) is -0.788. The summed E-state index contributed by atoms with van der Waals surface area (Å²) in [5.41, 5.74) is 0.774. The minimum atomic E-state index is -4.55. The van der Waals surface area contributed by atoms with Gasteiger partial charge in [0.05, 0.1) is 12.1 Å². The van der Waals surface area contributed by atoms with Crippen LogP contribution in [0.1, 0.15) is 22.3 Å². The molecule has 0 unspecified atom stereocenters. The number of nitrogens with one attached hydrogen (secondary N) is 2. The molecule has 28 heavy (non-hydrogen) atoms. The highest BCUT2D eigenvalue weighted by molar-refractivity contribution is 7.92. The fraction of sp³-hybridized carbons (Fsp3) is 0.211. The first-order valence-corrected chi connectivity index (χ1v) is 9.73. The lowest BCUT2D eigenvalue weighted by Gasteiger charge is -2.13. The minimum absolute atomic E-state index is 0.0208. The zero-order valence-corrected chi connectivity index (χ0v) is 16.0. The molecule has 0 fully saturated rings. The van der Waals surface area contributed by atoms with Gasteiger partial charge in [0.25, 0.3) is 0 Å². The molecule has 0 heterocycles. The number of carbonyl (C=O) groups excluding carboxylic acids is 1. The highest BCUT2D eigenvalue weighted by Gasteiger charge is 2.32. The van der Waals surface area contributed by atoms with Crippen LogP contribution in [0.2, 0.25) is 0 Å². The van der Waals surface area contributed by atoms with Crippen molar-refractivity contribution >= 4 is 27.7 Å². The lowest BCUT2D eigenvalue weighted by Crippen LogP contribution is -2.31. The van der Waals surface area contributed by atoms with Crippen LogP contribution in [0, 0.1) is 13.8 Å². The smallest absolute Gasteiger partial charge is 0.325 e. The zero-order valence-electron chi connectivity index (χ0n) is 15.2. The standard InChI is InChI=1S/C19H19F3N2O3S/c1-13-3-6-15(7-4-13)9-10-28(26,27)23-12-18(25)24-16-8-5-14(2)17(11-16)19(20,21)22/h3-11,23H,12H2,1-2H3,(H,24,25)/b10-9+. The normalized spacial score (nSPS) is 12.3. The van der Waals surface area contributed by atoms with Gasteiger partial charge in [0, 0.05) is 11.1 Å². The second kappa shape index (κ2) is 8.57. The van der Waals surface area contributed by atoms with E-state index in [2.05, 4.69) is 10.0 Å². The number of aryl methyl sites for hydroxylation is 2. The van der Waals surface area contributed by atoms with Crippen molar-refractivity contribution in [2.45, 2.75) is 20.0 Å². The monoisotopic (exact) mass is 412 g/mol. The topological polar surface area (TPSA) is 75.3 Å². The molecule has 0 atom stereocenters. The maximum absolute atomic E-state index is 12.9. The minimum Gasteiger partial charge on any atom is -0.325 e. The van der Waals surface area contributed by atoms with Gasteiger partial charge in [0.15, 0.2) is 0 Å². The zero-order chi connectivity index (χ0) is 20.9. The number of anilines is 1. The molecule has 5 nitrogen and oxygen atoms in total. The number of alkyl halides is 3. The molecule has 1 amide bonds. The highest BCUT2D eigenvalue weighted by atomic mass is 32.2. The van der Waals surface area contributed by atoms with Gasteiger partial charge in [-0.3, -0.25) is 4.79 Å². The number of hydrogen-bond donors (Lipinski definition) is 2. The number of benzene rings is 2. The number of halogens is 3. The van der Waals surface area contributed by atoms with Gasteiger partial charge in [-0.2, -0.15) is 13.2 Å². The van der Waals surface area contributed by atoms with Crippen LogP contribution in [-0.4, -0.2) is 20.9 Å². The van der Waals surface area contributed by atoms with Crippen molar-refractivity contribution in [2.75, 3.05) is 11.9 Å². The van der Waals surface area contributed by atoms with Crippen molar-refractivity contribution in [1.82, 2.24) is 4.72 Å². The van der Waals surface area contributed by atoms with Crippen molar-refractivity contribution in [3.63, 3.8) is 0 Å². The molecule has 9 heteroatoms. The summed E-state index contributed by atoms with van der Waals surface area (Å²) in [4.78, 5) is 11.9. The molecule has 2 N–H and O–H groups in total. The van der Waals surface area contributed by atoms with Gasteiger partial charge in [-0.1, -0.05) is 35.9 Å². The van der Waals surface area contributed by atoms with E-state index in [9.17, 15) is 26.4 Å². The molecular formula is C19H19F3N2O3S. The Labute approximate surface area is 161 Å². The SMILES string of the molecule is Cc1ccc(/C=C/S(=O)(=O)NCC(=O)Nc2ccc(C)c(C(F)(F)F)c2)cc1. The first-order chi connectivity index (χ1) is 13.0. The van der Waals surface area contributed by atoms with Crippen LogP contribution in [0.3, 0.4) is 0 Å². The molecule has 0 bridgehead atoms. The Morgan fingerprint density at radius 3 is 2.32 bits per heavy atom. The van der Waals surface area contributed by atoms with E-state index in [0.717, 1.165) is 17.0 Å². The molecule has 0 saturated carbocycles. The Balaban J connectivity index is 1.97. The molecule has 0 radical (unpaired) electrons. The van der Waals surface area contributed by atoms with Crippen LogP contribution < -0.4 is 10.0 Å². The van der Waals surface area contributed by atoms with E-state index in [4.69, 9.17) is 0 Å². The molecule has 0 spiro atoms. The molecule has 0 saturated heterocycles. The average Bonchev–Trinajstić information content (AvgIpc) is 2.60. The van der Waals surface area contributed by atoms with E-state index >= 15 is 0 Å². The van der Waals surface area contributed by atoms with E-state index in [1.54, 1.807) is 12.1 Å². The van der Waals surface area contributed by atoms with Gasteiger partial charge in [0.2, 0.25) is 15.9 Å². The van der Waals surface area contributed by atoms with Crippen LogP contribution in [0.15, 0.2) is 47.9 Å². The lowest BCUT2D eigenvalue weighted by atomic mass is 10.1. The maximum atomic E-state index is 12.9. The molecule has 2 aromatic carbocycles. The van der Waals surface area contributed by atoms with Gasteiger partial charge in [-0.05, 0) is 43.2 Å². The Morgan fingerprint density at radius 2 is 1.71 bits per heavy atom. The number of rotatable bonds is 6. The van der Waals surface area contributed by atoms with Crippen molar-refractivity contribution in [3.8, 4) is 0 Å². The molecule has 2 rings (SSSR count). The third kappa shape index (κ3) is 6.50. The summed E-state index contributed by atoms with van der Waals surface area (Å²) in [7, 11) is -3.89. The first-order valence-electron chi connectivity index (χ1n) is 8.18. The van der Waals surface area contributed by atoms with Crippen LogP contribution in [0.4, 0.5) is 18.9 Å². The third-order valence-corrected chi connectivity index (χ3v) is 4.82. The molecule has 0 aliphatic carbocycles. The van der Waals surface area contributed by atoms with Crippen LogP contribution in [0.25, 0.3) is 6.08 Å². The van der Waals surface area contributed by atoms with E-state index < -0.39 is 34.2 Å². The number of carbonyl (C=O) groups is 1. The van der Waals surface area contributed by atoms with E-state index in [0.29, 0.717) is 5.56 Å². The quantitative estimate of drug-likeness (QED) is 0.757. The Bertz CT molecular complexity index is 982. The molecular weight excluding hydrogens is 393 g/mol. The molecule has 150 valence electrons. The maximum Gasteiger partial charge on any atom is 0.416 e. The van der Waals surface area contributed by atoms with Crippen molar-refractivity contribution < 1.29 is 26.4 Å². The molecule has 0 aliphatic heterocycles. The van der Waals surface area contributed by atoms with Gasteiger partial charge in [-0.15, -0.1) is 0 Å². The Hall–Kier alpha value is -2.65. The molecule has 0 aliphatic rings. The van der Waals surface area contributed by atoms with Gasteiger partial charge < -0.3 is 5.32 Å². The van der Waals surface area contributed by atoms with Gasteiger partial charge in [-0.25, -0.2) is 13.1 Å². The largest absolute Gasteiger partial charge is 0.416 e. The number of amides is 1. The first kappa shape index (κ1) is 21.6. The summed E-state index contributed by atoms with van der Waals surface area (Å²) < 4.78 is 64.6. The summed E-state index contributed by atoms with van der Waals surface area (Å²) >= 11 is 0. The lowest BCUT2D eigenvalue weighted by molar-refractivity contribution is -0.138. The fourth-order valence-electron chi connectivity index (χ4n) is 2.27. The number of sulfonamides is 1. The third-order valence-electron chi connectivity index (χ3n) is 3.78. The second-order valence-electron chi connectivity index (χ2n) is 6.16. The molecule has 2 aromatic rings. The summed E-state index contributed by atoms with van der Waals surface area (Å²) in [6.45, 7) is 2.59. The average molecular weight is 412 g/mol. The summed E-state index contributed by atoms with van der Waals surface area (Å²) in [6.07, 6.45) is -3.18.